The zero-order valence-electron chi connectivity index (χ0n) is 12.8. The lowest BCUT2D eigenvalue weighted by molar-refractivity contribution is -0.0301. The van der Waals surface area contributed by atoms with Crippen LogP contribution >= 0.6 is 0 Å². The Labute approximate surface area is 121 Å². The minimum Gasteiger partial charge on any atom is -0.487 e. The van der Waals surface area contributed by atoms with Gasteiger partial charge >= 0.3 is 0 Å². The molecule has 2 nitrogen and oxygen atoms in total. The summed E-state index contributed by atoms with van der Waals surface area (Å²) in [6.07, 6.45) is 1.89. The van der Waals surface area contributed by atoms with Crippen molar-refractivity contribution in [3.05, 3.63) is 29.6 Å². The van der Waals surface area contributed by atoms with Gasteiger partial charge in [-0.2, -0.15) is 0 Å². The van der Waals surface area contributed by atoms with E-state index in [0.29, 0.717) is 11.7 Å². The molecule has 1 aromatic carbocycles. The van der Waals surface area contributed by atoms with Gasteiger partial charge in [0.1, 0.15) is 17.7 Å². The highest BCUT2D eigenvalue weighted by atomic mass is 19.1. The van der Waals surface area contributed by atoms with Crippen molar-refractivity contribution in [2.75, 3.05) is 0 Å². The quantitative estimate of drug-likeness (QED) is 0.884. The van der Waals surface area contributed by atoms with Crippen molar-refractivity contribution in [3.8, 4) is 5.75 Å². The summed E-state index contributed by atoms with van der Waals surface area (Å²) in [7, 11) is 0. The number of aliphatic hydroxyl groups is 1. The summed E-state index contributed by atoms with van der Waals surface area (Å²) in [5.74, 6) is 0.761. The number of rotatable bonds is 2. The van der Waals surface area contributed by atoms with E-state index in [2.05, 4.69) is 20.8 Å². The number of aryl methyl sites for hydroxylation is 1. The average molecular weight is 280 g/mol. The molecule has 0 aromatic heterocycles. The van der Waals surface area contributed by atoms with E-state index >= 15 is 0 Å². The van der Waals surface area contributed by atoms with Crippen molar-refractivity contribution < 1.29 is 14.2 Å². The Morgan fingerprint density at radius 2 is 1.95 bits per heavy atom. The molecule has 2 rings (SSSR count). The molecule has 0 spiro atoms. The molecule has 0 bridgehead atoms. The van der Waals surface area contributed by atoms with Crippen molar-refractivity contribution in [2.45, 2.75) is 59.2 Å². The van der Waals surface area contributed by atoms with Gasteiger partial charge in [0, 0.05) is 6.07 Å². The Balaban J connectivity index is 2.12. The minimum atomic E-state index is -0.462. The number of halogens is 1. The van der Waals surface area contributed by atoms with E-state index in [-0.39, 0.29) is 17.3 Å². The number of hydrogen-bond acceptors (Lipinski definition) is 2. The first-order valence-corrected chi connectivity index (χ1v) is 7.38. The highest BCUT2D eigenvalue weighted by molar-refractivity contribution is 5.33. The molecule has 20 heavy (non-hydrogen) atoms. The van der Waals surface area contributed by atoms with E-state index < -0.39 is 6.10 Å². The fourth-order valence-corrected chi connectivity index (χ4v) is 2.89. The molecule has 3 unspecified atom stereocenters. The minimum absolute atomic E-state index is 0.207. The zero-order valence-corrected chi connectivity index (χ0v) is 12.8. The lowest BCUT2D eigenvalue weighted by Crippen LogP contribution is -2.41. The number of hydrogen-bond donors (Lipinski definition) is 1. The molecule has 1 fully saturated rings. The van der Waals surface area contributed by atoms with E-state index in [1.54, 1.807) is 6.07 Å². The molecule has 0 heterocycles. The third-order valence-electron chi connectivity index (χ3n) is 4.41. The zero-order chi connectivity index (χ0) is 14.9. The van der Waals surface area contributed by atoms with Crippen LogP contribution in [0.2, 0.25) is 0 Å². The standard InChI is InChI=1S/C17H25FO2/c1-11-5-7-13(18)10-15(11)20-16-9-12(17(2,3)4)6-8-14(16)19/h5,7,10,12,14,16,19H,6,8-9H2,1-4H3. The summed E-state index contributed by atoms with van der Waals surface area (Å²) in [5, 5.41) is 10.2. The van der Waals surface area contributed by atoms with Crippen LogP contribution < -0.4 is 4.74 Å². The van der Waals surface area contributed by atoms with Crippen molar-refractivity contribution in [1.29, 1.82) is 0 Å². The van der Waals surface area contributed by atoms with Crippen LogP contribution in [0.1, 0.15) is 45.6 Å². The van der Waals surface area contributed by atoms with Gasteiger partial charge in [0.15, 0.2) is 0 Å². The maximum atomic E-state index is 13.3. The SMILES string of the molecule is Cc1ccc(F)cc1OC1CC(C(C)(C)C)CCC1O. The van der Waals surface area contributed by atoms with Gasteiger partial charge in [0.2, 0.25) is 0 Å². The molecule has 1 aliphatic carbocycles. The Morgan fingerprint density at radius 1 is 1.25 bits per heavy atom. The lowest BCUT2D eigenvalue weighted by Gasteiger charge is -2.40. The highest BCUT2D eigenvalue weighted by Gasteiger charge is 2.36. The number of benzene rings is 1. The normalized spacial score (nSPS) is 27.4. The molecule has 0 aliphatic heterocycles. The van der Waals surface area contributed by atoms with E-state index in [0.717, 1.165) is 24.8 Å². The van der Waals surface area contributed by atoms with Crippen LogP contribution in [-0.4, -0.2) is 17.3 Å². The lowest BCUT2D eigenvalue weighted by atomic mass is 9.71. The van der Waals surface area contributed by atoms with Crippen molar-refractivity contribution in [3.63, 3.8) is 0 Å². The molecule has 1 aliphatic rings. The van der Waals surface area contributed by atoms with Crippen LogP contribution in [0.3, 0.4) is 0 Å². The molecule has 0 amide bonds. The maximum absolute atomic E-state index is 13.3. The first kappa shape index (κ1) is 15.3. The molecular formula is C17H25FO2. The van der Waals surface area contributed by atoms with E-state index in [1.807, 2.05) is 6.92 Å². The van der Waals surface area contributed by atoms with Crippen LogP contribution in [0, 0.1) is 24.1 Å². The predicted octanol–water partition coefficient (Wildman–Crippen LogP) is 4.09. The van der Waals surface area contributed by atoms with E-state index in [1.165, 1.54) is 12.1 Å². The first-order chi connectivity index (χ1) is 9.27. The second-order valence-electron chi connectivity index (χ2n) is 7.01. The van der Waals surface area contributed by atoms with Crippen molar-refractivity contribution in [1.82, 2.24) is 0 Å². The summed E-state index contributed by atoms with van der Waals surface area (Å²) in [6, 6.07) is 4.54. The first-order valence-electron chi connectivity index (χ1n) is 7.38. The number of aliphatic hydroxyl groups excluding tert-OH is 1. The van der Waals surface area contributed by atoms with Gasteiger partial charge in [-0.05, 0) is 49.1 Å². The van der Waals surface area contributed by atoms with Gasteiger partial charge in [-0.25, -0.2) is 4.39 Å². The second kappa shape index (κ2) is 5.72. The second-order valence-corrected chi connectivity index (χ2v) is 7.01. The summed E-state index contributed by atoms with van der Waals surface area (Å²) >= 11 is 0. The highest BCUT2D eigenvalue weighted by Crippen LogP contribution is 2.39. The fraction of sp³-hybridized carbons (Fsp3) is 0.647. The monoisotopic (exact) mass is 280 g/mol. The van der Waals surface area contributed by atoms with E-state index in [4.69, 9.17) is 4.74 Å². The Morgan fingerprint density at radius 3 is 2.60 bits per heavy atom. The molecule has 3 heteroatoms. The smallest absolute Gasteiger partial charge is 0.126 e. The molecule has 1 saturated carbocycles. The molecule has 0 radical (unpaired) electrons. The predicted molar refractivity (Wildman–Crippen MR) is 78.4 cm³/mol. The summed E-state index contributed by atoms with van der Waals surface area (Å²) < 4.78 is 19.2. The third-order valence-corrected chi connectivity index (χ3v) is 4.41. The Bertz CT molecular complexity index is 465. The van der Waals surface area contributed by atoms with Crippen LogP contribution in [-0.2, 0) is 0 Å². The van der Waals surface area contributed by atoms with Gasteiger partial charge in [0.05, 0.1) is 6.10 Å². The molecule has 3 atom stereocenters. The van der Waals surface area contributed by atoms with Crippen LogP contribution in [0.15, 0.2) is 18.2 Å². The van der Waals surface area contributed by atoms with Crippen molar-refractivity contribution in [2.24, 2.45) is 11.3 Å². The molecule has 1 aromatic rings. The maximum Gasteiger partial charge on any atom is 0.126 e. The van der Waals surface area contributed by atoms with Crippen molar-refractivity contribution >= 4 is 0 Å². The fourth-order valence-electron chi connectivity index (χ4n) is 2.89. The number of ether oxygens (including phenoxy) is 1. The van der Waals surface area contributed by atoms with Gasteiger partial charge in [0.25, 0.3) is 0 Å². The largest absolute Gasteiger partial charge is 0.487 e. The van der Waals surface area contributed by atoms with Gasteiger partial charge in [-0.3, -0.25) is 0 Å². The molecular weight excluding hydrogens is 255 g/mol. The van der Waals surface area contributed by atoms with Gasteiger partial charge in [-0.1, -0.05) is 26.8 Å². The summed E-state index contributed by atoms with van der Waals surface area (Å²) in [5.41, 5.74) is 1.11. The van der Waals surface area contributed by atoms with Gasteiger partial charge < -0.3 is 9.84 Å². The Kier molecular flexibility index (Phi) is 4.38. The van der Waals surface area contributed by atoms with Crippen LogP contribution in [0.5, 0.6) is 5.75 Å². The van der Waals surface area contributed by atoms with Crippen LogP contribution in [0.25, 0.3) is 0 Å². The summed E-state index contributed by atoms with van der Waals surface area (Å²) in [6.45, 7) is 8.56. The van der Waals surface area contributed by atoms with E-state index in [9.17, 15) is 9.50 Å². The van der Waals surface area contributed by atoms with Gasteiger partial charge in [-0.15, -0.1) is 0 Å². The molecule has 0 saturated heterocycles. The molecule has 1 N–H and O–H groups in total. The molecule has 112 valence electrons. The Hall–Kier alpha value is -1.09. The summed E-state index contributed by atoms with van der Waals surface area (Å²) in [4.78, 5) is 0. The third kappa shape index (κ3) is 3.51. The van der Waals surface area contributed by atoms with Crippen LogP contribution in [0.4, 0.5) is 4.39 Å². The topological polar surface area (TPSA) is 29.5 Å². The average Bonchev–Trinajstić information content (AvgIpc) is 2.35.